The highest BCUT2D eigenvalue weighted by atomic mass is 19.1. The Morgan fingerprint density at radius 3 is 2.30 bits per heavy atom. The number of imide groups is 1. The third kappa shape index (κ3) is 2.84. The minimum absolute atomic E-state index is 0.0409. The second-order valence-electron chi connectivity index (χ2n) is 4.63. The number of hydrogen-bond acceptors (Lipinski definition) is 3. The van der Waals surface area contributed by atoms with Crippen LogP contribution in [0.1, 0.15) is 31.4 Å². The zero-order valence-corrected chi connectivity index (χ0v) is 11.0. The molecule has 6 heteroatoms. The molecule has 2 atom stereocenters. The molecular weight excluding hydrogens is 263 g/mol. The summed E-state index contributed by atoms with van der Waals surface area (Å²) in [5.41, 5.74) is 0.812. The molecule has 1 N–H and O–H groups in total. The minimum atomic E-state index is -2.26. The Labute approximate surface area is 115 Å². The Morgan fingerprint density at radius 2 is 1.75 bits per heavy atom. The summed E-state index contributed by atoms with van der Waals surface area (Å²) in [6, 6.07) is 8.62. The average molecular weight is 278 g/mol. The molecule has 0 aromatic heterocycles. The van der Waals surface area contributed by atoms with E-state index in [4.69, 9.17) is 0 Å². The lowest BCUT2D eigenvalue weighted by atomic mass is 10.1. The molecule has 0 radical (unpaired) electrons. The standard InChI is InChI=1S/C14H15FN2O3/c1-9(10-5-3-2-4-6-10)16-14(20)13(15)17-11(18)7-8-12(17)19/h2-6,9,13H,7-8H2,1H3,(H,16,20)/t9-,13+/m0/s1. The SMILES string of the molecule is C[C@H](NC(=O)[C@H](F)N1C(=O)CCC1=O)c1ccccc1. The number of amides is 3. The van der Waals surface area contributed by atoms with E-state index in [1.54, 1.807) is 31.2 Å². The number of carbonyl (C=O) groups excluding carboxylic acids is 3. The minimum Gasteiger partial charge on any atom is -0.345 e. The van der Waals surface area contributed by atoms with Gasteiger partial charge in [-0.05, 0) is 12.5 Å². The molecule has 20 heavy (non-hydrogen) atoms. The first-order valence-electron chi connectivity index (χ1n) is 6.35. The van der Waals surface area contributed by atoms with Gasteiger partial charge in [-0.15, -0.1) is 0 Å². The lowest BCUT2D eigenvalue weighted by Gasteiger charge is -2.21. The molecule has 3 amide bonds. The Morgan fingerprint density at radius 1 is 1.20 bits per heavy atom. The third-order valence-electron chi connectivity index (χ3n) is 3.19. The van der Waals surface area contributed by atoms with Crippen LogP contribution in [0.5, 0.6) is 0 Å². The van der Waals surface area contributed by atoms with E-state index < -0.39 is 30.1 Å². The van der Waals surface area contributed by atoms with Gasteiger partial charge in [0, 0.05) is 12.8 Å². The van der Waals surface area contributed by atoms with Crippen molar-refractivity contribution >= 4 is 17.7 Å². The number of likely N-dealkylation sites (tertiary alicyclic amines) is 1. The molecule has 1 aromatic carbocycles. The van der Waals surface area contributed by atoms with E-state index in [1.165, 1.54) is 0 Å². The van der Waals surface area contributed by atoms with E-state index in [2.05, 4.69) is 5.32 Å². The summed E-state index contributed by atoms with van der Waals surface area (Å²) in [6.45, 7) is 1.70. The number of nitrogens with one attached hydrogen (secondary N) is 1. The molecule has 5 nitrogen and oxygen atoms in total. The first kappa shape index (κ1) is 14.2. The molecule has 1 aliphatic rings. The van der Waals surface area contributed by atoms with Crippen molar-refractivity contribution in [2.75, 3.05) is 0 Å². The predicted octanol–water partition coefficient (Wildman–Crippen LogP) is 1.31. The predicted molar refractivity (Wildman–Crippen MR) is 69.0 cm³/mol. The number of nitrogens with zero attached hydrogens (tertiary/aromatic N) is 1. The topological polar surface area (TPSA) is 66.5 Å². The van der Waals surface area contributed by atoms with Crippen molar-refractivity contribution in [2.24, 2.45) is 0 Å². The Balaban J connectivity index is 2.01. The fourth-order valence-electron chi connectivity index (χ4n) is 2.07. The third-order valence-corrected chi connectivity index (χ3v) is 3.19. The second-order valence-corrected chi connectivity index (χ2v) is 4.63. The molecular formula is C14H15FN2O3. The van der Waals surface area contributed by atoms with Gasteiger partial charge in [0.15, 0.2) is 0 Å². The maximum absolute atomic E-state index is 14.0. The smallest absolute Gasteiger partial charge is 0.276 e. The average Bonchev–Trinajstić information content (AvgIpc) is 2.78. The van der Waals surface area contributed by atoms with E-state index >= 15 is 0 Å². The number of hydrogen-bond donors (Lipinski definition) is 1. The maximum atomic E-state index is 14.0. The van der Waals surface area contributed by atoms with Gasteiger partial charge < -0.3 is 5.32 Å². The van der Waals surface area contributed by atoms with Crippen molar-refractivity contribution in [3.8, 4) is 0 Å². The summed E-state index contributed by atoms with van der Waals surface area (Å²) < 4.78 is 14.0. The zero-order chi connectivity index (χ0) is 14.7. The highest BCUT2D eigenvalue weighted by Crippen LogP contribution is 2.18. The van der Waals surface area contributed by atoms with Gasteiger partial charge in [-0.25, -0.2) is 9.29 Å². The van der Waals surface area contributed by atoms with Crippen LogP contribution >= 0.6 is 0 Å². The molecule has 0 unspecified atom stereocenters. The zero-order valence-electron chi connectivity index (χ0n) is 11.0. The van der Waals surface area contributed by atoms with Crippen molar-refractivity contribution in [3.05, 3.63) is 35.9 Å². The van der Waals surface area contributed by atoms with E-state index in [9.17, 15) is 18.8 Å². The van der Waals surface area contributed by atoms with E-state index in [-0.39, 0.29) is 12.8 Å². The molecule has 0 saturated carbocycles. The molecule has 1 aromatic rings. The Hall–Kier alpha value is -2.24. The molecule has 1 fully saturated rings. The van der Waals surface area contributed by atoms with Crippen LogP contribution in [-0.4, -0.2) is 28.9 Å². The number of carbonyl (C=O) groups is 3. The largest absolute Gasteiger partial charge is 0.345 e. The van der Waals surface area contributed by atoms with Crippen molar-refractivity contribution in [3.63, 3.8) is 0 Å². The van der Waals surface area contributed by atoms with Gasteiger partial charge in [0.1, 0.15) is 0 Å². The van der Waals surface area contributed by atoms with Gasteiger partial charge in [0.05, 0.1) is 6.04 Å². The summed E-state index contributed by atoms with van der Waals surface area (Å²) in [5.74, 6) is -2.28. The van der Waals surface area contributed by atoms with Crippen LogP contribution in [-0.2, 0) is 14.4 Å². The van der Waals surface area contributed by atoms with Gasteiger partial charge in [0.25, 0.3) is 12.2 Å². The molecule has 106 valence electrons. The van der Waals surface area contributed by atoms with Crippen LogP contribution in [0.25, 0.3) is 0 Å². The maximum Gasteiger partial charge on any atom is 0.276 e. The monoisotopic (exact) mass is 278 g/mol. The molecule has 0 spiro atoms. The van der Waals surface area contributed by atoms with Crippen molar-refractivity contribution < 1.29 is 18.8 Å². The molecule has 1 saturated heterocycles. The first-order valence-corrected chi connectivity index (χ1v) is 6.35. The molecule has 1 aliphatic heterocycles. The van der Waals surface area contributed by atoms with Crippen LogP contribution in [0.3, 0.4) is 0 Å². The van der Waals surface area contributed by atoms with Crippen LogP contribution in [0.4, 0.5) is 4.39 Å². The second kappa shape index (κ2) is 5.81. The number of alkyl halides is 1. The molecule has 0 aliphatic carbocycles. The van der Waals surface area contributed by atoms with Crippen molar-refractivity contribution in [2.45, 2.75) is 32.1 Å². The normalized spacial score (nSPS) is 18.0. The Kier molecular flexibility index (Phi) is 4.12. The van der Waals surface area contributed by atoms with Crippen molar-refractivity contribution in [1.29, 1.82) is 0 Å². The first-order chi connectivity index (χ1) is 9.50. The van der Waals surface area contributed by atoms with Crippen LogP contribution in [0, 0.1) is 0 Å². The van der Waals surface area contributed by atoms with Gasteiger partial charge in [-0.2, -0.15) is 0 Å². The van der Waals surface area contributed by atoms with Gasteiger partial charge >= 0.3 is 0 Å². The summed E-state index contributed by atoms with van der Waals surface area (Å²) >= 11 is 0. The van der Waals surface area contributed by atoms with Crippen molar-refractivity contribution in [1.82, 2.24) is 10.2 Å². The lowest BCUT2D eigenvalue weighted by Crippen LogP contribution is -2.47. The van der Waals surface area contributed by atoms with Crippen LogP contribution in [0.15, 0.2) is 30.3 Å². The highest BCUT2D eigenvalue weighted by molar-refractivity contribution is 6.05. The quantitative estimate of drug-likeness (QED) is 0.667. The number of benzene rings is 1. The highest BCUT2D eigenvalue weighted by Gasteiger charge is 2.39. The summed E-state index contributed by atoms with van der Waals surface area (Å²) in [5, 5.41) is 2.45. The van der Waals surface area contributed by atoms with Gasteiger partial charge in [-0.1, -0.05) is 30.3 Å². The Bertz CT molecular complexity index is 516. The molecule has 1 heterocycles. The van der Waals surface area contributed by atoms with E-state index in [0.29, 0.717) is 4.90 Å². The van der Waals surface area contributed by atoms with E-state index in [0.717, 1.165) is 5.56 Å². The summed E-state index contributed by atoms with van der Waals surface area (Å²) in [4.78, 5) is 34.9. The van der Waals surface area contributed by atoms with E-state index in [1.807, 2.05) is 6.07 Å². The van der Waals surface area contributed by atoms with Gasteiger partial charge in [0.2, 0.25) is 11.8 Å². The number of halogens is 1. The molecule has 0 bridgehead atoms. The molecule has 2 rings (SSSR count). The van der Waals surface area contributed by atoms with Gasteiger partial charge in [-0.3, -0.25) is 14.4 Å². The van der Waals surface area contributed by atoms with Crippen LogP contribution < -0.4 is 5.32 Å². The summed E-state index contributed by atoms with van der Waals surface area (Å²) in [7, 11) is 0. The lowest BCUT2D eigenvalue weighted by molar-refractivity contribution is -0.152. The fraction of sp³-hybridized carbons (Fsp3) is 0.357. The van der Waals surface area contributed by atoms with Crippen LogP contribution in [0.2, 0.25) is 0 Å². The summed E-state index contributed by atoms with van der Waals surface area (Å²) in [6.07, 6.45) is -2.34. The fourth-order valence-corrected chi connectivity index (χ4v) is 2.07. The number of rotatable bonds is 4.